The standard InChI is InChI=1S/C19H19BrFNO3/c1-3-25-17-8-4-13(10-18(17)24-2)5-9-19(23)22-12-14-11-15(21)6-7-16(14)20/h4-11H,3,12H2,1-2H3,(H,22,23). The fraction of sp³-hybridized carbons (Fsp3) is 0.211. The minimum atomic E-state index is -0.343. The van der Waals surface area contributed by atoms with Crippen LogP contribution < -0.4 is 14.8 Å². The second-order valence-electron chi connectivity index (χ2n) is 5.13. The first kappa shape index (κ1) is 19.0. The average Bonchev–Trinajstić information content (AvgIpc) is 2.61. The summed E-state index contributed by atoms with van der Waals surface area (Å²) in [6.07, 6.45) is 3.09. The van der Waals surface area contributed by atoms with E-state index in [2.05, 4.69) is 21.2 Å². The van der Waals surface area contributed by atoms with Gasteiger partial charge in [-0.1, -0.05) is 22.0 Å². The van der Waals surface area contributed by atoms with Crippen LogP contribution in [0, 0.1) is 5.82 Å². The Hall–Kier alpha value is -2.34. The smallest absolute Gasteiger partial charge is 0.244 e. The maximum absolute atomic E-state index is 13.2. The van der Waals surface area contributed by atoms with Crippen LogP contribution in [0.4, 0.5) is 4.39 Å². The number of carbonyl (C=O) groups excluding carboxylic acids is 1. The fourth-order valence-corrected chi connectivity index (χ4v) is 2.54. The number of nitrogens with one attached hydrogen (secondary N) is 1. The Morgan fingerprint density at radius 3 is 2.76 bits per heavy atom. The second kappa shape index (κ2) is 9.22. The summed E-state index contributed by atoms with van der Waals surface area (Å²) in [5.74, 6) is 0.643. The van der Waals surface area contributed by atoms with Gasteiger partial charge in [-0.2, -0.15) is 0 Å². The molecule has 0 atom stereocenters. The molecule has 0 saturated carbocycles. The molecular formula is C19H19BrFNO3. The number of rotatable bonds is 7. The summed E-state index contributed by atoms with van der Waals surface area (Å²) in [6, 6.07) is 9.76. The third-order valence-electron chi connectivity index (χ3n) is 3.38. The summed E-state index contributed by atoms with van der Waals surface area (Å²) in [7, 11) is 1.56. The Bertz CT molecular complexity index is 777. The minimum Gasteiger partial charge on any atom is -0.493 e. The van der Waals surface area contributed by atoms with Gasteiger partial charge < -0.3 is 14.8 Å². The number of benzene rings is 2. The first-order valence-electron chi connectivity index (χ1n) is 7.74. The molecule has 0 spiro atoms. The zero-order valence-corrected chi connectivity index (χ0v) is 15.6. The molecule has 0 saturated heterocycles. The predicted octanol–water partition coefficient (Wildman–Crippen LogP) is 4.33. The van der Waals surface area contributed by atoms with Crippen molar-refractivity contribution in [3.63, 3.8) is 0 Å². The van der Waals surface area contributed by atoms with Gasteiger partial charge in [-0.25, -0.2) is 4.39 Å². The molecule has 1 amide bonds. The number of halogens is 2. The molecule has 0 aliphatic rings. The molecule has 2 aromatic carbocycles. The number of amides is 1. The first-order valence-corrected chi connectivity index (χ1v) is 8.53. The molecule has 0 aliphatic heterocycles. The van der Waals surface area contributed by atoms with Gasteiger partial charge in [-0.3, -0.25) is 4.79 Å². The van der Waals surface area contributed by atoms with Crippen LogP contribution in [0.2, 0.25) is 0 Å². The molecule has 0 radical (unpaired) electrons. The zero-order chi connectivity index (χ0) is 18.2. The Kier molecular flexibility index (Phi) is 7.01. The van der Waals surface area contributed by atoms with Crippen LogP contribution in [-0.2, 0) is 11.3 Å². The van der Waals surface area contributed by atoms with Crippen LogP contribution in [0.5, 0.6) is 11.5 Å². The Labute approximate surface area is 154 Å². The van der Waals surface area contributed by atoms with Crippen molar-refractivity contribution in [2.45, 2.75) is 13.5 Å². The lowest BCUT2D eigenvalue weighted by atomic mass is 10.2. The van der Waals surface area contributed by atoms with E-state index in [0.29, 0.717) is 23.7 Å². The summed E-state index contributed by atoms with van der Waals surface area (Å²) in [5, 5.41) is 2.72. The summed E-state index contributed by atoms with van der Waals surface area (Å²) >= 11 is 3.33. The Morgan fingerprint density at radius 1 is 1.24 bits per heavy atom. The largest absolute Gasteiger partial charge is 0.493 e. The van der Waals surface area contributed by atoms with Crippen molar-refractivity contribution in [1.29, 1.82) is 0 Å². The van der Waals surface area contributed by atoms with E-state index in [0.717, 1.165) is 10.0 Å². The van der Waals surface area contributed by atoms with E-state index >= 15 is 0 Å². The molecule has 2 aromatic rings. The van der Waals surface area contributed by atoms with E-state index in [-0.39, 0.29) is 18.3 Å². The summed E-state index contributed by atoms with van der Waals surface area (Å²) in [4.78, 5) is 11.9. The topological polar surface area (TPSA) is 47.6 Å². The van der Waals surface area contributed by atoms with Gasteiger partial charge in [0.15, 0.2) is 11.5 Å². The van der Waals surface area contributed by atoms with Crippen molar-refractivity contribution >= 4 is 27.9 Å². The summed E-state index contributed by atoms with van der Waals surface area (Å²) in [6.45, 7) is 2.67. The molecule has 25 heavy (non-hydrogen) atoms. The maximum Gasteiger partial charge on any atom is 0.244 e. The molecule has 2 rings (SSSR count). The van der Waals surface area contributed by atoms with Crippen LogP contribution in [0.25, 0.3) is 6.08 Å². The van der Waals surface area contributed by atoms with Crippen LogP contribution in [0.15, 0.2) is 46.9 Å². The highest BCUT2D eigenvalue weighted by molar-refractivity contribution is 9.10. The van der Waals surface area contributed by atoms with Gasteiger partial charge in [-0.15, -0.1) is 0 Å². The second-order valence-corrected chi connectivity index (χ2v) is 5.98. The van der Waals surface area contributed by atoms with Gasteiger partial charge in [0.05, 0.1) is 13.7 Å². The summed E-state index contributed by atoms with van der Waals surface area (Å²) in [5.41, 5.74) is 1.48. The molecule has 4 nitrogen and oxygen atoms in total. The van der Waals surface area contributed by atoms with Crippen molar-refractivity contribution in [3.8, 4) is 11.5 Å². The van der Waals surface area contributed by atoms with Crippen molar-refractivity contribution < 1.29 is 18.7 Å². The number of methoxy groups -OCH3 is 1. The van der Waals surface area contributed by atoms with Gasteiger partial charge in [0.2, 0.25) is 5.91 Å². The van der Waals surface area contributed by atoms with Crippen LogP contribution in [0.1, 0.15) is 18.1 Å². The molecule has 0 unspecified atom stereocenters. The molecule has 6 heteroatoms. The lowest BCUT2D eigenvalue weighted by Gasteiger charge is -2.09. The van der Waals surface area contributed by atoms with Crippen LogP contribution >= 0.6 is 15.9 Å². The van der Waals surface area contributed by atoms with E-state index in [9.17, 15) is 9.18 Å². The highest BCUT2D eigenvalue weighted by Gasteiger charge is 2.05. The SMILES string of the molecule is CCOc1ccc(C=CC(=O)NCc2cc(F)ccc2Br)cc1OC. The van der Waals surface area contributed by atoms with Gasteiger partial charge >= 0.3 is 0 Å². The van der Waals surface area contributed by atoms with Crippen molar-refractivity contribution in [3.05, 3.63) is 63.9 Å². The van der Waals surface area contributed by atoms with Gasteiger partial charge in [0.1, 0.15) is 5.82 Å². The monoisotopic (exact) mass is 407 g/mol. The minimum absolute atomic E-state index is 0.230. The lowest BCUT2D eigenvalue weighted by Crippen LogP contribution is -2.20. The van der Waals surface area contributed by atoms with Crippen molar-refractivity contribution in [2.75, 3.05) is 13.7 Å². The van der Waals surface area contributed by atoms with E-state index in [4.69, 9.17) is 9.47 Å². The van der Waals surface area contributed by atoms with Gasteiger partial charge in [0, 0.05) is 17.1 Å². The third-order valence-corrected chi connectivity index (χ3v) is 4.15. The molecule has 0 aromatic heterocycles. The van der Waals surface area contributed by atoms with Gasteiger partial charge in [0.25, 0.3) is 0 Å². The van der Waals surface area contributed by atoms with Crippen LogP contribution in [-0.4, -0.2) is 19.6 Å². The average molecular weight is 408 g/mol. The van der Waals surface area contributed by atoms with Crippen molar-refractivity contribution in [1.82, 2.24) is 5.32 Å². The van der Waals surface area contributed by atoms with Crippen LogP contribution in [0.3, 0.4) is 0 Å². The number of hydrogen-bond donors (Lipinski definition) is 1. The molecule has 1 N–H and O–H groups in total. The normalized spacial score (nSPS) is 10.7. The molecule has 0 bridgehead atoms. The van der Waals surface area contributed by atoms with E-state index in [1.807, 2.05) is 13.0 Å². The number of carbonyl (C=O) groups is 1. The van der Waals surface area contributed by atoms with Crippen molar-refractivity contribution in [2.24, 2.45) is 0 Å². The van der Waals surface area contributed by atoms with E-state index in [1.165, 1.54) is 18.2 Å². The first-order chi connectivity index (χ1) is 12.0. The molecule has 0 fully saturated rings. The lowest BCUT2D eigenvalue weighted by molar-refractivity contribution is -0.116. The molecular weight excluding hydrogens is 389 g/mol. The number of ether oxygens (including phenoxy) is 2. The van der Waals surface area contributed by atoms with Gasteiger partial charge in [-0.05, 0) is 54.5 Å². The predicted molar refractivity (Wildman–Crippen MR) is 99.1 cm³/mol. The highest BCUT2D eigenvalue weighted by Crippen LogP contribution is 2.28. The maximum atomic E-state index is 13.2. The number of hydrogen-bond acceptors (Lipinski definition) is 3. The molecule has 0 aliphatic carbocycles. The highest BCUT2D eigenvalue weighted by atomic mass is 79.9. The molecule has 132 valence electrons. The Morgan fingerprint density at radius 2 is 2.04 bits per heavy atom. The Balaban J connectivity index is 1.99. The zero-order valence-electron chi connectivity index (χ0n) is 14.0. The van der Waals surface area contributed by atoms with E-state index < -0.39 is 0 Å². The molecule has 0 heterocycles. The fourth-order valence-electron chi connectivity index (χ4n) is 2.15. The van der Waals surface area contributed by atoms with E-state index in [1.54, 1.807) is 31.4 Å². The summed E-state index contributed by atoms with van der Waals surface area (Å²) < 4.78 is 24.7. The quantitative estimate of drug-likeness (QED) is 0.694. The third kappa shape index (κ3) is 5.60.